The van der Waals surface area contributed by atoms with Crippen LogP contribution in [-0.4, -0.2) is 5.11 Å². The third kappa shape index (κ3) is 2.33. The zero-order chi connectivity index (χ0) is 13.3. The second-order valence-electron chi connectivity index (χ2n) is 4.52. The SMILES string of the molecule is CCc1ccsc1C(O)c1c(C)cc(F)cc1C. The van der Waals surface area contributed by atoms with Crippen LogP contribution in [0.5, 0.6) is 0 Å². The molecule has 1 aromatic heterocycles. The second-order valence-corrected chi connectivity index (χ2v) is 5.47. The zero-order valence-corrected chi connectivity index (χ0v) is 11.6. The highest BCUT2D eigenvalue weighted by Gasteiger charge is 2.19. The Labute approximate surface area is 111 Å². The van der Waals surface area contributed by atoms with E-state index in [2.05, 4.69) is 6.92 Å². The summed E-state index contributed by atoms with van der Waals surface area (Å²) in [6.07, 6.45) is 0.246. The van der Waals surface area contributed by atoms with Crippen molar-refractivity contribution in [2.75, 3.05) is 0 Å². The Hall–Kier alpha value is -1.19. The first kappa shape index (κ1) is 13.2. The first-order valence-electron chi connectivity index (χ1n) is 6.05. The van der Waals surface area contributed by atoms with Crippen LogP contribution in [0.1, 0.15) is 40.2 Å². The van der Waals surface area contributed by atoms with Gasteiger partial charge in [-0.25, -0.2) is 4.39 Å². The fraction of sp³-hybridized carbons (Fsp3) is 0.333. The van der Waals surface area contributed by atoms with Crippen LogP contribution in [0.25, 0.3) is 0 Å². The second kappa shape index (κ2) is 5.21. The Balaban J connectivity index is 2.49. The van der Waals surface area contributed by atoms with E-state index in [0.717, 1.165) is 33.6 Å². The van der Waals surface area contributed by atoms with Gasteiger partial charge in [0.2, 0.25) is 0 Å². The Morgan fingerprint density at radius 3 is 2.44 bits per heavy atom. The fourth-order valence-corrected chi connectivity index (χ4v) is 3.35. The normalized spacial score (nSPS) is 12.7. The average Bonchev–Trinajstić information content (AvgIpc) is 2.75. The molecule has 0 aliphatic rings. The molecule has 0 fully saturated rings. The van der Waals surface area contributed by atoms with Gasteiger partial charge in [-0.2, -0.15) is 0 Å². The predicted molar refractivity (Wildman–Crippen MR) is 73.6 cm³/mol. The summed E-state index contributed by atoms with van der Waals surface area (Å²) in [6.45, 7) is 5.75. The van der Waals surface area contributed by atoms with Gasteiger partial charge >= 0.3 is 0 Å². The minimum atomic E-state index is -0.652. The van der Waals surface area contributed by atoms with E-state index in [1.165, 1.54) is 12.1 Å². The van der Waals surface area contributed by atoms with Crippen molar-refractivity contribution in [2.45, 2.75) is 33.3 Å². The molecule has 0 amide bonds. The molecule has 1 nitrogen and oxygen atoms in total. The third-order valence-electron chi connectivity index (χ3n) is 3.24. The van der Waals surface area contributed by atoms with E-state index in [1.54, 1.807) is 11.3 Å². The number of hydrogen-bond donors (Lipinski definition) is 1. The van der Waals surface area contributed by atoms with Crippen LogP contribution in [0.3, 0.4) is 0 Å². The monoisotopic (exact) mass is 264 g/mol. The molecule has 2 aromatic rings. The van der Waals surface area contributed by atoms with Crippen molar-refractivity contribution in [2.24, 2.45) is 0 Å². The molecule has 0 saturated carbocycles. The molecule has 1 N–H and O–H groups in total. The van der Waals surface area contributed by atoms with Crippen molar-refractivity contribution in [3.05, 3.63) is 56.5 Å². The lowest BCUT2D eigenvalue weighted by molar-refractivity contribution is 0.221. The van der Waals surface area contributed by atoms with Gasteiger partial charge in [-0.1, -0.05) is 6.92 Å². The highest BCUT2D eigenvalue weighted by molar-refractivity contribution is 7.10. The lowest BCUT2D eigenvalue weighted by atomic mass is 9.95. The van der Waals surface area contributed by atoms with E-state index < -0.39 is 6.10 Å². The van der Waals surface area contributed by atoms with E-state index in [4.69, 9.17) is 0 Å². The van der Waals surface area contributed by atoms with E-state index >= 15 is 0 Å². The van der Waals surface area contributed by atoms with Crippen LogP contribution >= 0.6 is 11.3 Å². The van der Waals surface area contributed by atoms with Gasteiger partial charge in [0.25, 0.3) is 0 Å². The van der Waals surface area contributed by atoms with E-state index in [9.17, 15) is 9.50 Å². The largest absolute Gasteiger partial charge is 0.383 e. The molecule has 2 rings (SSSR count). The highest BCUT2D eigenvalue weighted by Crippen LogP contribution is 2.33. The van der Waals surface area contributed by atoms with Crippen LogP contribution in [-0.2, 0) is 6.42 Å². The molecular formula is C15H17FOS. The summed E-state index contributed by atoms with van der Waals surface area (Å²) >= 11 is 1.55. The summed E-state index contributed by atoms with van der Waals surface area (Å²) in [7, 11) is 0. The van der Waals surface area contributed by atoms with Gasteiger partial charge < -0.3 is 5.11 Å². The minimum Gasteiger partial charge on any atom is -0.383 e. The van der Waals surface area contributed by atoms with Gasteiger partial charge in [0.15, 0.2) is 0 Å². The Morgan fingerprint density at radius 2 is 1.89 bits per heavy atom. The highest BCUT2D eigenvalue weighted by atomic mass is 32.1. The van der Waals surface area contributed by atoms with Gasteiger partial charge in [-0.3, -0.25) is 0 Å². The molecule has 0 spiro atoms. The lowest BCUT2D eigenvalue weighted by Crippen LogP contribution is -2.05. The molecule has 0 aliphatic heterocycles. The summed E-state index contributed by atoms with van der Waals surface area (Å²) in [6, 6.07) is 4.99. The number of aryl methyl sites for hydroxylation is 3. The van der Waals surface area contributed by atoms with Crippen molar-refractivity contribution in [1.82, 2.24) is 0 Å². The van der Waals surface area contributed by atoms with Crippen LogP contribution < -0.4 is 0 Å². The lowest BCUT2D eigenvalue weighted by Gasteiger charge is -2.17. The maximum absolute atomic E-state index is 13.3. The molecule has 18 heavy (non-hydrogen) atoms. The number of aliphatic hydroxyl groups is 1. The Bertz CT molecular complexity index is 536. The number of rotatable bonds is 3. The van der Waals surface area contributed by atoms with E-state index in [0.29, 0.717) is 0 Å². The summed E-state index contributed by atoms with van der Waals surface area (Å²) in [5.41, 5.74) is 3.59. The number of hydrogen-bond acceptors (Lipinski definition) is 2. The van der Waals surface area contributed by atoms with E-state index in [-0.39, 0.29) is 5.82 Å². The van der Waals surface area contributed by atoms with Crippen LogP contribution in [0.15, 0.2) is 23.6 Å². The third-order valence-corrected chi connectivity index (χ3v) is 4.25. The molecule has 96 valence electrons. The molecule has 0 bridgehead atoms. The van der Waals surface area contributed by atoms with Gasteiger partial charge in [0.1, 0.15) is 11.9 Å². The standard InChI is InChI=1S/C15H17FOS/c1-4-11-5-6-18-15(11)14(17)13-9(2)7-12(16)8-10(13)3/h5-8,14,17H,4H2,1-3H3. The molecule has 0 saturated heterocycles. The molecule has 1 aromatic carbocycles. The van der Waals surface area contributed by atoms with Gasteiger partial charge in [0.05, 0.1) is 0 Å². The first-order valence-corrected chi connectivity index (χ1v) is 6.93. The van der Waals surface area contributed by atoms with Crippen molar-refractivity contribution < 1.29 is 9.50 Å². The molecule has 1 atom stereocenters. The quantitative estimate of drug-likeness (QED) is 0.883. The summed E-state index contributed by atoms with van der Waals surface area (Å²) in [5, 5.41) is 12.5. The van der Waals surface area contributed by atoms with Gasteiger partial charge in [0, 0.05) is 4.88 Å². The number of benzene rings is 1. The predicted octanol–water partition coefficient (Wildman–Crippen LogP) is 4.15. The van der Waals surface area contributed by atoms with E-state index in [1.807, 2.05) is 25.3 Å². The van der Waals surface area contributed by atoms with Crippen molar-refractivity contribution in [1.29, 1.82) is 0 Å². The molecular weight excluding hydrogens is 247 g/mol. The average molecular weight is 264 g/mol. The number of thiophene rings is 1. The smallest absolute Gasteiger partial charge is 0.123 e. The first-order chi connectivity index (χ1) is 8.54. The maximum Gasteiger partial charge on any atom is 0.123 e. The summed E-state index contributed by atoms with van der Waals surface area (Å²) in [4.78, 5) is 0.968. The summed E-state index contributed by atoms with van der Waals surface area (Å²) < 4.78 is 13.3. The molecule has 0 radical (unpaired) electrons. The zero-order valence-electron chi connectivity index (χ0n) is 10.8. The van der Waals surface area contributed by atoms with Crippen LogP contribution in [0, 0.1) is 19.7 Å². The topological polar surface area (TPSA) is 20.2 Å². The van der Waals surface area contributed by atoms with Crippen LogP contribution in [0.2, 0.25) is 0 Å². The fourth-order valence-electron chi connectivity index (χ4n) is 2.36. The van der Waals surface area contributed by atoms with Gasteiger partial charge in [-0.15, -0.1) is 11.3 Å². The molecule has 0 aliphatic carbocycles. The van der Waals surface area contributed by atoms with Crippen molar-refractivity contribution in [3.63, 3.8) is 0 Å². The Morgan fingerprint density at radius 1 is 1.28 bits per heavy atom. The molecule has 3 heteroatoms. The van der Waals surface area contributed by atoms with Crippen LogP contribution in [0.4, 0.5) is 4.39 Å². The Kier molecular flexibility index (Phi) is 3.83. The number of halogens is 1. The van der Waals surface area contributed by atoms with Crippen molar-refractivity contribution in [3.8, 4) is 0 Å². The summed E-state index contributed by atoms with van der Waals surface area (Å²) in [5.74, 6) is -0.247. The molecule has 1 unspecified atom stereocenters. The van der Waals surface area contributed by atoms with Crippen molar-refractivity contribution >= 4 is 11.3 Å². The molecule has 1 heterocycles. The number of aliphatic hydroxyl groups excluding tert-OH is 1. The minimum absolute atomic E-state index is 0.247. The maximum atomic E-state index is 13.3. The van der Waals surface area contributed by atoms with Gasteiger partial charge in [-0.05, 0) is 66.1 Å².